The molecule has 4 heterocycles. The number of halogens is 1. The number of nitrogens with one attached hydrogen (secondary N) is 2. The second-order valence-electron chi connectivity index (χ2n) is 8.41. The fourth-order valence-electron chi connectivity index (χ4n) is 3.97. The Bertz CT molecular complexity index is 1520. The average Bonchev–Trinajstić information content (AvgIpc) is 3.54. The molecule has 3 aromatic rings. The third kappa shape index (κ3) is 6.45. The first-order valence-corrected chi connectivity index (χ1v) is 14.2. The summed E-state index contributed by atoms with van der Waals surface area (Å²) >= 11 is 7.10. The molecule has 1 fully saturated rings. The Balaban J connectivity index is 0.000000617. The van der Waals surface area contributed by atoms with Crippen LogP contribution in [0.4, 0.5) is 11.5 Å². The van der Waals surface area contributed by atoms with Gasteiger partial charge in [0, 0.05) is 17.8 Å². The van der Waals surface area contributed by atoms with Crippen LogP contribution in [0.25, 0.3) is 0 Å². The number of thiophene rings is 1. The zero-order valence-corrected chi connectivity index (χ0v) is 22.7. The summed E-state index contributed by atoms with van der Waals surface area (Å²) in [6.45, 7) is 3.51. The van der Waals surface area contributed by atoms with Gasteiger partial charge >= 0.3 is 0 Å². The van der Waals surface area contributed by atoms with Crippen molar-refractivity contribution in [3.63, 3.8) is 0 Å². The number of rotatable bonds is 5. The van der Waals surface area contributed by atoms with Gasteiger partial charge in [0.15, 0.2) is 5.82 Å². The van der Waals surface area contributed by atoms with Crippen LogP contribution in [-0.4, -0.2) is 65.3 Å². The van der Waals surface area contributed by atoms with Crippen molar-refractivity contribution < 1.29 is 27.3 Å². The molecule has 2 aliphatic rings. The average molecular weight is 579 g/mol. The Morgan fingerprint density at radius 3 is 2.66 bits per heavy atom. The number of benzene rings is 1. The van der Waals surface area contributed by atoms with Crippen LogP contribution in [0.2, 0.25) is 4.34 Å². The molecule has 200 valence electrons. The number of hydrogen-bond acceptors (Lipinski definition) is 9. The fraction of sp³-hybridized carbons (Fsp3) is 0.261. The highest BCUT2D eigenvalue weighted by molar-refractivity contribution is 7.85. The number of ether oxygens (including phenoxy) is 1. The molecule has 15 heteroatoms. The number of aryl methyl sites for hydroxylation is 1. The molecule has 0 spiro atoms. The predicted molar refractivity (Wildman–Crippen MR) is 143 cm³/mol. The number of anilines is 2. The third-order valence-electron chi connectivity index (χ3n) is 5.52. The van der Waals surface area contributed by atoms with Crippen LogP contribution in [0.3, 0.4) is 0 Å². The van der Waals surface area contributed by atoms with Crippen LogP contribution >= 0.6 is 22.9 Å². The number of carbonyl (C=O) groups excluding carboxylic acids is 2. The van der Waals surface area contributed by atoms with E-state index in [0.29, 0.717) is 58.5 Å². The Morgan fingerprint density at radius 1 is 1.29 bits per heavy atom. The van der Waals surface area contributed by atoms with Gasteiger partial charge in [0.05, 0.1) is 39.8 Å². The van der Waals surface area contributed by atoms with Gasteiger partial charge in [-0.1, -0.05) is 23.7 Å². The van der Waals surface area contributed by atoms with Gasteiger partial charge in [-0.3, -0.25) is 24.5 Å². The fourth-order valence-corrected chi connectivity index (χ4v) is 4.91. The number of fused-ring (bicyclic) bond motifs is 1. The van der Waals surface area contributed by atoms with Crippen LogP contribution in [0, 0.1) is 12.3 Å². The van der Waals surface area contributed by atoms with Crippen molar-refractivity contribution >= 4 is 62.4 Å². The summed E-state index contributed by atoms with van der Waals surface area (Å²) in [5, 5.41) is 18.9. The van der Waals surface area contributed by atoms with E-state index in [1.54, 1.807) is 28.9 Å². The van der Waals surface area contributed by atoms with Crippen molar-refractivity contribution in [3.05, 3.63) is 68.0 Å². The summed E-state index contributed by atoms with van der Waals surface area (Å²) in [6.07, 6.45) is 0.715. The highest BCUT2D eigenvalue weighted by Crippen LogP contribution is 2.32. The molecule has 0 atom stereocenters. The number of hydrogen-bond donors (Lipinski definition) is 3. The Labute approximate surface area is 227 Å². The number of nitrogens with zero attached hydrogens (tertiary/aromatic N) is 4. The molecule has 0 unspecified atom stereocenters. The lowest BCUT2D eigenvalue weighted by Crippen LogP contribution is -2.25. The molecule has 5 rings (SSSR count). The SMILES string of the molecule is CS(=O)(=O)O.Cc1nnc(NC(=O)c2ccc(Cl)s2)c2c1C(=O)N(Cc1cccc(N3CCOC3=N)c1)C2. The van der Waals surface area contributed by atoms with E-state index in [0.717, 1.165) is 11.3 Å². The molecule has 0 bridgehead atoms. The van der Waals surface area contributed by atoms with Crippen molar-refractivity contribution in [2.45, 2.75) is 20.0 Å². The van der Waals surface area contributed by atoms with E-state index in [1.807, 2.05) is 24.3 Å². The van der Waals surface area contributed by atoms with E-state index in [9.17, 15) is 18.0 Å². The van der Waals surface area contributed by atoms with E-state index in [4.69, 9.17) is 26.3 Å². The van der Waals surface area contributed by atoms with E-state index in [-0.39, 0.29) is 23.7 Å². The van der Waals surface area contributed by atoms with Crippen molar-refractivity contribution in [2.24, 2.45) is 0 Å². The van der Waals surface area contributed by atoms with Gasteiger partial charge in [0.25, 0.3) is 28.0 Å². The lowest BCUT2D eigenvalue weighted by Gasteiger charge is -2.19. The van der Waals surface area contributed by atoms with Gasteiger partial charge in [-0.05, 0) is 36.8 Å². The number of aromatic nitrogens is 2. The lowest BCUT2D eigenvalue weighted by atomic mass is 10.1. The molecule has 0 saturated carbocycles. The number of carbonyl (C=O) groups is 2. The summed E-state index contributed by atoms with van der Waals surface area (Å²) in [4.78, 5) is 29.7. The minimum Gasteiger partial charge on any atom is -0.463 e. The Morgan fingerprint density at radius 2 is 2.03 bits per heavy atom. The first-order valence-electron chi connectivity index (χ1n) is 11.1. The second-order valence-corrected chi connectivity index (χ2v) is 11.6. The highest BCUT2D eigenvalue weighted by atomic mass is 35.5. The smallest absolute Gasteiger partial charge is 0.289 e. The summed E-state index contributed by atoms with van der Waals surface area (Å²) in [6, 6.07) is 11.1. The molecule has 3 N–H and O–H groups in total. The van der Waals surface area contributed by atoms with Crippen LogP contribution in [-0.2, 0) is 27.9 Å². The molecular formula is C23H23ClN6O6S2. The number of amidine groups is 1. The summed E-state index contributed by atoms with van der Waals surface area (Å²) in [7, 11) is -3.67. The van der Waals surface area contributed by atoms with E-state index >= 15 is 0 Å². The van der Waals surface area contributed by atoms with Gasteiger partial charge in [-0.2, -0.15) is 13.5 Å². The quantitative estimate of drug-likeness (QED) is 0.385. The first kappa shape index (κ1) is 27.4. The molecule has 2 amide bonds. The largest absolute Gasteiger partial charge is 0.463 e. The van der Waals surface area contributed by atoms with Crippen LogP contribution < -0.4 is 10.2 Å². The molecule has 1 saturated heterocycles. The van der Waals surface area contributed by atoms with Gasteiger partial charge in [0.1, 0.15) is 6.61 Å². The molecule has 1 aromatic carbocycles. The Hall–Kier alpha value is -3.59. The molecular weight excluding hydrogens is 556 g/mol. The summed E-state index contributed by atoms with van der Waals surface area (Å²) in [5.41, 5.74) is 3.41. The zero-order valence-electron chi connectivity index (χ0n) is 20.3. The molecule has 2 aliphatic heterocycles. The van der Waals surface area contributed by atoms with Crippen molar-refractivity contribution in [1.82, 2.24) is 15.1 Å². The normalized spacial score (nSPS) is 14.6. The molecule has 2 aromatic heterocycles. The van der Waals surface area contributed by atoms with Gasteiger partial charge < -0.3 is 15.0 Å². The van der Waals surface area contributed by atoms with Crippen molar-refractivity contribution in [2.75, 3.05) is 29.6 Å². The summed E-state index contributed by atoms with van der Waals surface area (Å²) < 4.78 is 31.6. The van der Waals surface area contributed by atoms with Gasteiger partial charge in [-0.15, -0.1) is 16.4 Å². The molecule has 0 aliphatic carbocycles. The van der Waals surface area contributed by atoms with Gasteiger partial charge in [-0.25, -0.2) is 0 Å². The molecule has 0 radical (unpaired) electrons. The minimum atomic E-state index is -3.67. The molecule has 12 nitrogen and oxygen atoms in total. The first-order chi connectivity index (χ1) is 17.9. The van der Waals surface area contributed by atoms with E-state index in [1.165, 1.54) is 11.3 Å². The maximum atomic E-state index is 13.2. The van der Waals surface area contributed by atoms with Gasteiger partial charge in [0.2, 0.25) is 0 Å². The second kappa shape index (κ2) is 11.0. The van der Waals surface area contributed by atoms with Crippen molar-refractivity contribution in [3.8, 4) is 0 Å². The minimum absolute atomic E-state index is 0.122. The van der Waals surface area contributed by atoms with Crippen molar-refractivity contribution in [1.29, 1.82) is 5.41 Å². The van der Waals surface area contributed by atoms with Crippen LogP contribution in [0.5, 0.6) is 0 Å². The standard InChI is InChI=1S/C22H19ClN6O3S.CH4O3S/c1-12-18-15(19(27-26-12)25-20(30)16-5-6-17(23)33-16)11-28(21(18)31)10-13-3-2-4-14(9-13)29-7-8-32-22(29)24;1-5(2,3)4/h2-6,9,24H,7-8,10-11H2,1H3,(H,25,27,30);1H3,(H,2,3,4). The number of amides is 2. The van der Waals surface area contributed by atoms with Crippen LogP contribution in [0.15, 0.2) is 36.4 Å². The van der Waals surface area contributed by atoms with E-state index < -0.39 is 10.1 Å². The zero-order chi connectivity index (χ0) is 27.6. The van der Waals surface area contributed by atoms with Crippen LogP contribution in [0.1, 0.15) is 36.9 Å². The third-order valence-corrected chi connectivity index (χ3v) is 6.75. The van der Waals surface area contributed by atoms with E-state index in [2.05, 4.69) is 15.5 Å². The Kier molecular flexibility index (Phi) is 7.97. The highest BCUT2D eigenvalue weighted by Gasteiger charge is 2.33. The predicted octanol–water partition coefficient (Wildman–Crippen LogP) is 3.18. The molecule has 38 heavy (non-hydrogen) atoms. The maximum Gasteiger partial charge on any atom is 0.289 e. The lowest BCUT2D eigenvalue weighted by molar-refractivity contribution is 0.0766. The monoisotopic (exact) mass is 578 g/mol. The topological polar surface area (TPSA) is 166 Å². The maximum absolute atomic E-state index is 13.2. The summed E-state index contributed by atoms with van der Waals surface area (Å²) in [5.74, 6) is -0.228.